The Morgan fingerprint density at radius 1 is 1.32 bits per heavy atom. The number of urea groups is 1. The van der Waals surface area contributed by atoms with E-state index in [2.05, 4.69) is 5.32 Å². The molecular formula is C17H32N4O4. The summed E-state index contributed by atoms with van der Waals surface area (Å²) in [6, 6.07) is -0.808. The van der Waals surface area contributed by atoms with Crippen molar-refractivity contribution in [1.82, 2.24) is 15.1 Å². The summed E-state index contributed by atoms with van der Waals surface area (Å²) >= 11 is 0. The van der Waals surface area contributed by atoms with E-state index in [1.807, 2.05) is 39.5 Å². The van der Waals surface area contributed by atoms with Gasteiger partial charge in [-0.05, 0) is 59.9 Å². The number of carbonyl (C=O) groups excluding carboxylic acids is 3. The van der Waals surface area contributed by atoms with Gasteiger partial charge in [-0.25, -0.2) is 9.59 Å². The molecule has 0 radical (unpaired) electrons. The standard InChI is InChI=1S/C17H32N4O4/c1-12(2)21(16(24)25-17(3,4)5)10-13-7-6-8-20(9-13)11-14(22)19-15(18)23/h12-13H,6-11H2,1-5H3,(H3,18,19,22,23)/t13-/m0/s1. The predicted molar refractivity (Wildman–Crippen MR) is 95.0 cm³/mol. The quantitative estimate of drug-likeness (QED) is 0.777. The Labute approximate surface area is 150 Å². The Bertz CT molecular complexity index is 488. The first-order valence-electron chi connectivity index (χ1n) is 8.79. The van der Waals surface area contributed by atoms with E-state index in [4.69, 9.17) is 10.5 Å². The van der Waals surface area contributed by atoms with Crippen LogP contribution >= 0.6 is 0 Å². The normalized spacial score (nSPS) is 18.7. The van der Waals surface area contributed by atoms with Gasteiger partial charge in [0.05, 0.1) is 6.54 Å². The van der Waals surface area contributed by atoms with Crippen LogP contribution < -0.4 is 11.1 Å². The number of ether oxygens (including phenoxy) is 1. The zero-order valence-corrected chi connectivity index (χ0v) is 16.0. The zero-order chi connectivity index (χ0) is 19.2. The molecule has 0 aromatic rings. The molecular weight excluding hydrogens is 324 g/mol. The largest absolute Gasteiger partial charge is 0.444 e. The summed E-state index contributed by atoms with van der Waals surface area (Å²) in [5.74, 6) is -0.147. The minimum absolute atomic E-state index is 0.0309. The number of amides is 4. The lowest BCUT2D eigenvalue weighted by atomic mass is 9.97. The molecule has 0 aliphatic carbocycles. The van der Waals surface area contributed by atoms with Gasteiger partial charge in [0, 0.05) is 19.1 Å². The second kappa shape index (κ2) is 9.03. The van der Waals surface area contributed by atoms with Crippen LogP contribution in [0, 0.1) is 5.92 Å². The van der Waals surface area contributed by atoms with Crippen LogP contribution in [-0.2, 0) is 9.53 Å². The van der Waals surface area contributed by atoms with Gasteiger partial charge in [-0.1, -0.05) is 0 Å². The van der Waals surface area contributed by atoms with Crippen LogP contribution in [0.1, 0.15) is 47.5 Å². The van der Waals surface area contributed by atoms with E-state index in [1.54, 1.807) is 4.90 Å². The average molecular weight is 356 g/mol. The summed E-state index contributed by atoms with van der Waals surface area (Å²) in [5.41, 5.74) is 4.43. The smallest absolute Gasteiger partial charge is 0.410 e. The zero-order valence-electron chi connectivity index (χ0n) is 16.0. The maximum atomic E-state index is 12.4. The Balaban J connectivity index is 2.61. The molecule has 0 spiro atoms. The summed E-state index contributed by atoms with van der Waals surface area (Å²) in [5, 5.41) is 2.08. The molecule has 1 aliphatic rings. The monoisotopic (exact) mass is 356 g/mol. The molecule has 25 heavy (non-hydrogen) atoms. The minimum Gasteiger partial charge on any atom is -0.444 e. The van der Waals surface area contributed by atoms with Gasteiger partial charge in [-0.3, -0.25) is 15.0 Å². The first-order chi connectivity index (χ1) is 11.5. The van der Waals surface area contributed by atoms with Gasteiger partial charge in [-0.15, -0.1) is 0 Å². The van der Waals surface area contributed by atoms with Gasteiger partial charge >= 0.3 is 12.1 Å². The van der Waals surface area contributed by atoms with Gasteiger partial charge in [0.1, 0.15) is 5.60 Å². The van der Waals surface area contributed by atoms with Gasteiger partial charge in [0.25, 0.3) is 0 Å². The van der Waals surface area contributed by atoms with E-state index >= 15 is 0 Å². The molecule has 4 amide bonds. The Morgan fingerprint density at radius 2 is 1.96 bits per heavy atom. The van der Waals surface area contributed by atoms with E-state index in [1.165, 1.54) is 0 Å². The topological polar surface area (TPSA) is 105 Å². The number of primary amides is 1. The van der Waals surface area contributed by atoms with Gasteiger partial charge in [-0.2, -0.15) is 0 Å². The van der Waals surface area contributed by atoms with Crippen molar-refractivity contribution in [3.63, 3.8) is 0 Å². The number of nitrogens with one attached hydrogen (secondary N) is 1. The van der Waals surface area contributed by atoms with Crippen LogP contribution in [0.2, 0.25) is 0 Å². The Kier molecular flexibility index (Phi) is 7.66. The third-order valence-electron chi connectivity index (χ3n) is 3.94. The van der Waals surface area contributed by atoms with Crippen LogP contribution in [-0.4, -0.2) is 65.7 Å². The molecule has 0 unspecified atom stereocenters. The van der Waals surface area contributed by atoms with Crippen molar-refractivity contribution in [3.05, 3.63) is 0 Å². The van der Waals surface area contributed by atoms with E-state index in [0.717, 1.165) is 19.4 Å². The fourth-order valence-electron chi connectivity index (χ4n) is 2.92. The molecule has 0 aromatic heterocycles. The number of rotatable bonds is 5. The first kappa shape index (κ1) is 21.2. The molecule has 0 bridgehead atoms. The van der Waals surface area contributed by atoms with Crippen LogP contribution in [0.3, 0.4) is 0 Å². The van der Waals surface area contributed by atoms with Gasteiger partial charge < -0.3 is 15.4 Å². The van der Waals surface area contributed by atoms with Gasteiger partial charge in [0.2, 0.25) is 5.91 Å². The lowest BCUT2D eigenvalue weighted by Crippen LogP contribution is -2.49. The lowest BCUT2D eigenvalue weighted by molar-refractivity contribution is -0.121. The molecule has 1 fully saturated rings. The number of imide groups is 1. The van der Waals surface area contributed by atoms with Crippen LogP contribution in [0.15, 0.2) is 0 Å². The molecule has 1 heterocycles. The number of nitrogens with two attached hydrogens (primary N) is 1. The second-order valence-corrected chi connectivity index (χ2v) is 7.88. The highest BCUT2D eigenvalue weighted by molar-refractivity contribution is 5.94. The minimum atomic E-state index is -0.838. The van der Waals surface area contributed by atoms with E-state index in [9.17, 15) is 14.4 Å². The molecule has 8 heteroatoms. The second-order valence-electron chi connectivity index (χ2n) is 7.88. The van der Waals surface area contributed by atoms with Crippen molar-refractivity contribution in [2.75, 3.05) is 26.2 Å². The van der Waals surface area contributed by atoms with Crippen molar-refractivity contribution in [2.45, 2.75) is 59.1 Å². The molecule has 1 saturated heterocycles. The molecule has 0 saturated carbocycles. The van der Waals surface area contributed by atoms with Crippen LogP contribution in [0.5, 0.6) is 0 Å². The summed E-state index contributed by atoms with van der Waals surface area (Å²) in [4.78, 5) is 38.6. The SMILES string of the molecule is CC(C)N(C[C@H]1CCCN(CC(=O)NC(N)=O)C1)C(=O)OC(C)(C)C. The Hall–Kier alpha value is -1.83. The summed E-state index contributed by atoms with van der Waals surface area (Å²) in [6.45, 7) is 11.7. The highest BCUT2D eigenvalue weighted by Crippen LogP contribution is 2.20. The summed E-state index contributed by atoms with van der Waals surface area (Å²) in [7, 11) is 0. The van der Waals surface area contributed by atoms with Crippen molar-refractivity contribution in [1.29, 1.82) is 0 Å². The predicted octanol–water partition coefficient (Wildman–Crippen LogP) is 1.54. The maximum Gasteiger partial charge on any atom is 0.410 e. The van der Waals surface area contributed by atoms with Crippen molar-refractivity contribution >= 4 is 18.0 Å². The highest BCUT2D eigenvalue weighted by Gasteiger charge is 2.29. The van der Waals surface area contributed by atoms with E-state index in [0.29, 0.717) is 13.1 Å². The third kappa shape index (κ3) is 8.20. The number of hydrogen-bond donors (Lipinski definition) is 2. The first-order valence-corrected chi connectivity index (χ1v) is 8.79. The number of nitrogens with zero attached hydrogens (tertiary/aromatic N) is 2. The summed E-state index contributed by atoms with van der Waals surface area (Å²) < 4.78 is 5.50. The van der Waals surface area contributed by atoms with Crippen molar-refractivity contribution in [3.8, 4) is 0 Å². The van der Waals surface area contributed by atoms with Crippen LogP contribution in [0.4, 0.5) is 9.59 Å². The highest BCUT2D eigenvalue weighted by atomic mass is 16.6. The lowest BCUT2D eigenvalue weighted by Gasteiger charge is -2.37. The van der Waals surface area contributed by atoms with Crippen molar-refractivity contribution in [2.24, 2.45) is 11.7 Å². The van der Waals surface area contributed by atoms with E-state index in [-0.39, 0.29) is 24.6 Å². The molecule has 1 rings (SSSR count). The number of likely N-dealkylation sites (tertiary alicyclic amines) is 1. The Morgan fingerprint density at radius 3 is 2.48 bits per heavy atom. The molecule has 0 aromatic carbocycles. The fourth-order valence-corrected chi connectivity index (χ4v) is 2.92. The maximum absolute atomic E-state index is 12.4. The summed E-state index contributed by atoms with van der Waals surface area (Å²) in [6.07, 6.45) is 1.61. The average Bonchev–Trinajstić information content (AvgIpc) is 2.41. The number of hydrogen-bond acceptors (Lipinski definition) is 5. The molecule has 144 valence electrons. The molecule has 3 N–H and O–H groups in total. The molecule has 1 aliphatic heterocycles. The van der Waals surface area contributed by atoms with Crippen molar-refractivity contribution < 1.29 is 19.1 Å². The fraction of sp³-hybridized carbons (Fsp3) is 0.824. The number of piperidine rings is 1. The molecule has 8 nitrogen and oxygen atoms in total. The van der Waals surface area contributed by atoms with Gasteiger partial charge in [0.15, 0.2) is 0 Å². The van der Waals surface area contributed by atoms with Crippen LogP contribution in [0.25, 0.3) is 0 Å². The third-order valence-corrected chi connectivity index (χ3v) is 3.94. The molecule has 1 atom stereocenters. The van der Waals surface area contributed by atoms with E-state index < -0.39 is 17.5 Å². The number of carbonyl (C=O) groups is 3.